The van der Waals surface area contributed by atoms with Crippen molar-refractivity contribution in [1.29, 1.82) is 0 Å². The molecule has 8 nitrogen and oxygen atoms in total. The van der Waals surface area contributed by atoms with E-state index in [1.165, 1.54) is 42.2 Å². The van der Waals surface area contributed by atoms with Crippen molar-refractivity contribution in [3.63, 3.8) is 0 Å². The molecule has 0 spiro atoms. The minimum absolute atomic E-state index is 0.0430. The van der Waals surface area contributed by atoms with E-state index in [1.54, 1.807) is 0 Å². The Bertz CT molecular complexity index is 840. The lowest BCUT2D eigenvalue weighted by Crippen LogP contribution is -2.17. The van der Waals surface area contributed by atoms with E-state index in [2.05, 4.69) is 9.82 Å². The standard InChI is InChI=1S/C10H12N4O4S2/c1-14-10(5-6-12-14)20(17,18)13-8-3-2-4-9(7-8)19(11,15)16/h2-7,13H,1H3,(H2,11,15,16). The number of anilines is 1. The van der Waals surface area contributed by atoms with Gasteiger partial charge in [-0.2, -0.15) is 13.5 Å². The van der Waals surface area contributed by atoms with Gasteiger partial charge in [0.25, 0.3) is 10.0 Å². The zero-order chi connectivity index (χ0) is 15.0. The summed E-state index contributed by atoms with van der Waals surface area (Å²) in [5.74, 6) is 0. The largest absolute Gasteiger partial charge is 0.279 e. The fourth-order valence-electron chi connectivity index (χ4n) is 1.57. The molecule has 0 aliphatic heterocycles. The molecule has 20 heavy (non-hydrogen) atoms. The highest BCUT2D eigenvalue weighted by atomic mass is 32.2. The van der Waals surface area contributed by atoms with Crippen LogP contribution in [0.3, 0.4) is 0 Å². The quantitative estimate of drug-likeness (QED) is 0.813. The lowest BCUT2D eigenvalue weighted by atomic mass is 10.3. The summed E-state index contributed by atoms with van der Waals surface area (Å²) in [4.78, 5) is -0.178. The van der Waals surface area contributed by atoms with Gasteiger partial charge in [-0.15, -0.1) is 0 Å². The van der Waals surface area contributed by atoms with Crippen LogP contribution in [-0.2, 0) is 27.1 Å². The third kappa shape index (κ3) is 2.98. The Balaban J connectivity index is 2.38. The Morgan fingerprint density at radius 3 is 2.45 bits per heavy atom. The number of aromatic nitrogens is 2. The Morgan fingerprint density at radius 1 is 1.20 bits per heavy atom. The van der Waals surface area contributed by atoms with Gasteiger partial charge in [0.15, 0.2) is 5.03 Å². The molecule has 0 saturated carbocycles. The first-order chi connectivity index (χ1) is 9.20. The summed E-state index contributed by atoms with van der Waals surface area (Å²) in [5, 5.41) is 8.71. The third-order valence-corrected chi connectivity index (χ3v) is 4.83. The lowest BCUT2D eigenvalue weighted by Gasteiger charge is -2.08. The second-order valence-electron chi connectivity index (χ2n) is 3.97. The second kappa shape index (κ2) is 4.89. The minimum atomic E-state index is -3.90. The molecule has 108 valence electrons. The molecule has 2 aromatic rings. The normalized spacial score (nSPS) is 12.3. The number of nitrogens with one attached hydrogen (secondary N) is 1. The molecule has 0 saturated heterocycles. The van der Waals surface area contributed by atoms with E-state index in [1.807, 2.05) is 0 Å². The van der Waals surface area contributed by atoms with Crippen molar-refractivity contribution in [3.05, 3.63) is 36.5 Å². The van der Waals surface area contributed by atoms with Crippen LogP contribution in [0.15, 0.2) is 46.5 Å². The van der Waals surface area contributed by atoms with Crippen molar-refractivity contribution >= 4 is 25.7 Å². The highest BCUT2D eigenvalue weighted by Gasteiger charge is 2.18. The molecule has 0 radical (unpaired) electrons. The number of aryl methyl sites for hydroxylation is 1. The predicted molar refractivity (Wildman–Crippen MR) is 71.8 cm³/mol. The van der Waals surface area contributed by atoms with Crippen LogP contribution >= 0.6 is 0 Å². The van der Waals surface area contributed by atoms with Gasteiger partial charge in [0.2, 0.25) is 10.0 Å². The third-order valence-electron chi connectivity index (χ3n) is 2.47. The van der Waals surface area contributed by atoms with Crippen LogP contribution in [-0.4, -0.2) is 26.6 Å². The van der Waals surface area contributed by atoms with Crippen LogP contribution in [0, 0.1) is 0 Å². The fourth-order valence-corrected chi connectivity index (χ4v) is 3.31. The molecule has 0 bridgehead atoms. The van der Waals surface area contributed by atoms with Crippen LogP contribution in [0.25, 0.3) is 0 Å². The van der Waals surface area contributed by atoms with E-state index in [9.17, 15) is 16.8 Å². The molecule has 0 aliphatic carbocycles. The van der Waals surface area contributed by atoms with Crippen molar-refractivity contribution in [2.24, 2.45) is 12.2 Å². The van der Waals surface area contributed by atoms with Crippen LogP contribution in [0.4, 0.5) is 5.69 Å². The van der Waals surface area contributed by atoms with Crippen LogP contribution in [0.2, 0.25) is 0 Å². The first-order valence-electron chi connectivity index (χ1n) is 5.34. The fraction of sp³-hybridized carbons (Fsp3) is 0.100. The van der Waals surface area contributed by atoms with E-state index in [-0.39, 0.29) is 15.6 Å². The van der Waals surface area contributed by atoms with Crippen LogP contribution < -0.4 is 9.86 Å². The average molecular weight is 316 g/mol. The van der Waals surface area contributed by atoms with E-state index in [0.717, 1.165) is 6.07 Å². The van der Waals surface area contributed by atoms with E-state index in [4.69, 9.17) is 5.14 Å². The zero-order valence-electron chi connectivity index (χ0n) is 10.4. The number of sulfonamides is 2. The van der Waals surface area contributed by atoms with Gasteiger partial charge < -0.3 is 0 Å². The minimum Gasteiger partial charge on any atom is -0.278 e. The zero-order valence-corrected chi connectivity index (χ0v) is 12.0. The maximum atomic E-state index is 12.1. The molecule has 0 fully saturated rings. The molecule has 1 heterocycles. The van der Waals surface area contributed by atoms with E-state index < -0.39 is 20.0 Å². The number of nitrogens with two attached hydrogens (primary N) is 1. The lowest BCUT2D eigenvalue weighted by molar-refractivity contribution is 0.581. The van der Waals surface area contributed by atoms with E-state index in [0.29, 0.717) is 0 Å². The smallest absolute Gasteiger partial charge is 0.278 e. The van der Waals surface area contributed by atoms with Crippen molar-refractivity contribution in [2.45, 2.75) is 9.92 Å². The molecular weight excluding hydrogens is 304 g/mol. The molecule has 2 rings (SSSR count). The van der Waals surface area contributed by atoms with Crippen LogP contribution in [0.1, 0.15) is 0 Å². The molecule has 0 aliphatic rings. The number of nitrogens with zero attached hydrogens (tertiary/aromatic N) is 2. The van der Waals surface area contributed by atoms with Crippen molar-refractivity contribution in [1.82, 2.24) is 9.78 Å². The summed E-state index contributed by atoms with van der Waals surface area (Å²) in [6.45, 7) is 0. The van der Waals surface area contributed by atoms with Gasteiger partial charge in [-0.25, -0.2) is 13.6 Å². The van der Waals surface area contributed by atoms with E-state index >= 15 is 0 Å². The summed E-state index contributed by atoms with van der Waals surface area (Å²) in [6.07, 6.45) is 1.34. The summed E-state index contributed by atoms with van der Waals surface area (Å²) in [7, 11) is -6.26. The van der Waals surface area contributed by atoms with Gasteiger partial charge in [0.1, 0.15) is 0 Å². The topological polar surface area (TPSA) is 124 Å². The Kier molecular flexibility index (Phi) is 3.54. The highest BCUT2D eigenvalue weighted by Crippen LogP contribution is 2.18. The van der Waals surface area contributed by atoms with Gasteiger partial charge in [-0.05, 0) is 24.3 Å². The Morgan fingerprint density at radius 2 is 1.90 bits per heavy atom. The number of benzene rings is 1. The van der Waals surface area contributed by atoms with Crippen LogP contribution in [0.5, 0.6) is 0 Å². The summed E-state index contributed by atoms with van der Waals surface area (Å²) in [5.41, 5.74) is 0.0951. The number of hydrogen-bond acceptors (Lipinski definition) is 5. The second-order valence-corrected chi connectivity index (χ2v) is 7.16. The Labute approximate surface area is 116 Å². The summed E-state index contributed by atoms with van der Waals surface area (Å²) >= 11 is 0. The summed E-state index contributed by atoms with van der Waals surface area (Å²) < 4.78 is 50.1. The van der Waals surface area contributed by atoms with Crippen molar-refractivity contribution < 1.29 is 16.8 Å². The molecule has 3 N–H and O–H groups in total. The molecule has 1 aromatic carbocycles. The first-order valence-corrected chi connectivity index (χ1v) is 8.37. The first kappa shape index (κ1) is 14.5. The SMILES string of the molecule is Cn1nccc1S(=O)(=O)Nc1cccc(S(N)(=O)=O)c1. The molecule has 0 unspecified atom stereocenters. The average Bonchev–Trinajstić information content (AvgIpc) is 2.75. The molecule has 0 amide bonds. The Hall–Kier alpha value is -1.91. The summed E-state index contributed by atoms with van der Waals surface area (Å²) in [6, 6.07) is 6.55. The van der Waals surface area contributed by atoms with Gasteiger partial charge in [-0.1, -0.05) is 6.07 Å². The predicted octanol–water partition coefficient (Wildman–Crippen LogP) is -0.132. The maximum Gasteiger partial charge on any atom is 0.279 e. The van der Waals surface area contributed by atoms with Crippen molar-refractivity contribution in [3.8, 4) is 0 Å². The number of primary sulfonamides is 1. The van der Waals surface area contributed by atoms with Gasteiger partial charge in [-0.3, -0.25) is 9.40 Å². The molecular formula is C10H12N4O4S2. The van der Waals surface area contributed by atoms with Gasteiger partial charge in [0, 0.05) is 7.05 Å². The number of hydrogen-bond donors (Lipinski definition) is 2. The molecule has 1 aromatic heterocycles. The number of rotatable bonds is 4. The molecule has 0 atom stereocenters. The van der Waals surface area contributed by atoms with Gasteiger partial charge in [0.05, 0.1) is 16.8 Å². The monoisotopic (exact) mass is 316 g/mol. The highest BCUT2D eigenvalue weighted by molar-refractivity contribution is 7.92. The molecule has 10 heteroatoms. The maximum absolute atomic E-state index is 12.1. The van der Waals surface area contributed by atoms with Gasteiger partial charge >= 0.3 is 0 Å². The van der Waals surface area contributed by atoms with Crippen molar-refractivity contribution in [2.75, 3.05) is 4.72 Å².